The van der Waals surface area contributed by atoms with E-state index in [0.717, 1.165) is 29.0 Å². The molecule has 0 bridgehead atoms. The summed E-state index contributed by atoms with van der Waals surface area (Å²) >= 11 is 6.47. The number of rotatable bonds is 3. The van der Waals surface area contributed by atoms with E-state index in [1.807, 2.05) is 19.1 Å². The number of alkyl halides is 3. The van der Waals surface area contributed by atoms with Crippen LogP contribution in [0.15, 0.2) is 48.7 Å². The number of nitrogens with one attached hydrogen (secondary N) is 1. The predicted molar refractivity (Wildman–Crippen MR) is 111 cm³/mol. The molecular formula is C23H18ClF3N2O2. The molecule has 2 aromatic carbocycles. The summed E-state index contributed by atoms with van der Waals surface area (Å²) in [6, 6.07) is 11.6. The molecule has 0 radical (unpaired) electrons. The van der Waals surface area contributed by atoms with Crippen LogP contribution in [0, 0.1) is 6.92 Å². The molecule has 31 heavy (non-hydrogen) atoms. The molecule has 4 nitrogen and oxygen atoms in total. The second kappa shape index (κ2) is 8.23. The third-order valence-electron chi connectivity index (χ3n) is 5.18. The summed E-state index contributed by atoms with van der Waals surface area (Å²) in [6.45, 7) is 2.63. The highest BCUT2D eigenvalue weighted by Gasteiger charge is 2.32. The first kappa shape index (κ1) is 21.2. The number of pyridine rings is 1. The van der Waals surface area contributed by atoms with E-state index in [9.17, 15) is 18.0 Å². The van der Waals surface area contributed by atoms with E-state index in [0.29, 0.717) is 47.0 Å². The third kappa shape index (κ3) is 4.37. The van der Waals surface area contributed by atoms with Crippen molar-refractivity contribution in [2.24, 2.45) is 0 Å². The molecule has 1 aliphatic rings. The summed E-state index contributed by atoms with van der Waals surface area (Å²) < 4.78 is 44.4. The minimum Gasteiger partial charge on any atom is -0.489 e. The lowest BCUT2D eigenvalue weighted by Crippen LogP contribution is -2.24. The van der Waals surface area contributed by atoms with Gasteiger partial charge in [0.25, 0.3) is 5.91 Å². The van der Waals surface area contributed by atoms with Gasteiger partial charge in [-0.3, -0.25) is 9.78 Å². The first-order valence-corrected chi connectivity index (χ1v) is 9.97. The molecule has 160 valence electrons. The molecule has 8 heteroatoms. The smallest absolute Gasteiger partial charge is 0.433 e. The molecule has 1 aromatic heterocycles. The number of ether oxygens (including phenoxy) is 1. The first-order chi connectivity index (χ1) is 14.7. The van der Waals surface area contributed by atoms with Crippen LogP contribution in [0.4, 0.5) is 13.2 Å². The van der Waals surface area contributed by atoms with Gasteiger partial charge in [-0.15, -0.1) is 0 Å². The molecule has 2 heterocycles. The van der Waals surface area contributed by atoms with Crippen LogP contribution in [0.2, 0.25) is 5.02 Å². The topological polar surface area (TPSA) is 51.2 Å². The van der Waals surface area contributed by atoms with Crippen LogP contribution in [0.1, 0.15) is 32.7 Å². The second-order valence-electron chi connectivity index (χ2n) is 7.26. The molecule has 0 spiro atoms. The van der Waals surface area contributed by atoms with Crippen LogP contribution >= 0.6 is 11.6 Å². The van der Waals surface area contributed by atoms with Crippen molar-refractivity contribution in [2.45, 2.75) is 19.5 Å². The van der Waals surface area contributed by atoms with Crippen LogP contribution in [0.5, 0.6) is 5.75 Å². The Bertz CT molecular complexity index is 1140. The van der Waals surface area contributed by atoms with Gasteiger partial charge in [0.05, 0.1) is 17.1 Å². The van der Waals surface area contributed by atoms with Gasteiger partial charge in [0, 0.05) is 6.20 Å². The molecular weight excluding hydrogens is 429 g/mol. The van der Waals surface area contributed by atoms with E-state index in [1.54, 1.807) is 24.3 Å². The monoisotopic (exact) mass is 446 g/mol. The average Bonchev–Trinajstić information content (AvgIpc) is 2.93. The zero-order chi connectivity index (χ0) is 22.2. The van der Waals surface area contributed by atoms with Gasteiger partial charge in [-0.25, -0.2) is 0 Å². The number of aromatic nitrogens is 1. The zero-order valence-electron chi connectivity index (χ0n) is 16.5. The molecule has 3 aromatic rings. The Labute approximate surface area is 182 Å². The third-order valence-corrected chi connectivity index (χ3v) is 5.64. The number of fused-ring (bicyclic) bond motifs is 1. The van der Waals surface area contributed by atoms with Crippen molar-refractivity contribution in [2.75, 3.05) is 13.2 Å². The number of nitrogens with zero attached hydrogens (tertiary/aromatic N) is 1. The normalized spacial score (nSPS) is 13.8. The predicted octanol–water partition coefficient (Wildman–Crippen LogP) is 5.44. The van der Waals surface area contributed by atoms with Gasteiger partial charge in [-0.2, -0.15) is 13.2 Å². The summed E-state index contributed by atoms with van der Waals surface area (Å²) in [4.78, 5) is 15.7. The number of hydrogen-bond donors (Lipinski definition) is 1. The molecule has 0 saturated heterocycles. The fourth-order valence-corrected chi connectivity index (χ4v) is 3.76. The summed E-state index contributed by atoms with van der Waals surface area (Å²) in [5.74, 6) is 0.163. The molecule has 0 saturated carbocycles. The van der Waals surface area contributed by atoms with Gasteiger partial charge in [0.15, 0.2) is 5.75 Å². The summed E-state index contributed by atoms with van der Waals surface area (Å²) in [5.41, 5.74) is 3.19. The van der Waals surface area contributed by atoms with E-state index in [1.165, 1.54) is 0 Å². The molecule has 4 rings (SSSR count). The van der Waals surface area contributed by atoms with E-state index in [2.05, 4.69) is 10.3 Å². The van der Waals surface area contributed by atoms with Crippen molar-refractivity contribution in [3.05, 3.63) is 81.6 Å². The molecule has 1 aliphatic heterocycles. The van der Waals surface area contributed by atoms with Crippen LogP contribution in [-0.4, -0.2) is 24.0 Å². The Kier molecular flexibility index (Phi) is 5.62. The van der Waals surface area contributed by atoms with Gasteiger partial charge < -0.3 is 10.1 Å². The molecule has 0 atom stereocenters. The first-order valence-electron chi connectivity index (χ1n) is 9.59. The van der Waals surface area contributed by atoms with E-state index >= 15 is 0 Å². The van der Waals surface area contributed by atoms with Crippen molar-refractivity contribution in [1.29, 1.82) is 0 Å². The van der Waals surface area contributed by atoms with Gasteiger partial charge in [-0.05, 0) is 59.4 Å². The van der Waals surface area contributed by atoms with Crippen LogP contribution in [0.25, 0.3) is 11.1 Å². The molecule has 0 fully saturated rings. The number of hydrogen-bond acceptors (Lipinski definition) is 3. The van der Waals surface area contributed by atoms with Crippen molar-refractivity contribution < 1.29 is 22.7 Å². The average molecular weight is 447 g/mol. The number of amides is 1. The largest absolute Gasteiger partial charge is 0.489 e. The highest BCUT2D eigenvalue weighted by Crippen LogP contribution is 2.36. The van der Waals surface area contributed by atoms with Crippen molar-refractivity contribution in [3.63, 3.8) is 0 Å². The molecule has 0 unspecified atom stereocenters. The molecule has 1 N–H and O–H groups in total. The Morgan fingerprint density at radius 2 is 1.87 bits per heavy atom. The Morgan fingerprint density at radius 1 is 1.13 bits per heavy atom. The highest BCUT2D eigenvalue weighted by atomic mass is 35.5. The lowest BCUT2D eigenvalue weighted by molar-refractivity contribution is -0.141. The van der Waals surface area contributed by atoms with Crippen LogP contribution in [-0.2, 0) is 12.6 Å². The minimum atomic E-state index is -4.49. The number of benzene rings is 2. The number of carbonyl (C=O) groups is 1. The second-order valence-corrected chi connectivity index (χ2v) is 7.63. The summed E-state index contributed by atoms with van der Waals surface area (Å²) in [6.07, 6.45) is -2.83. The van der Waals surface area contributed by atoms with Gasteiger partial charge >= 0.3 is 6.18 Å². The maximum atomic E-state index is 12.9. The number of halogens is 4. The Morgan fingerprint density at radius 3 is 2.58 bits per heavy atom. The molecule has 0 aliphatic carbocycles. The fraction of sp³-hybridized carbons (Fsp3) is 0.217. The van der Waals surface area contributed by atoms with E-state index in [-0.39, 0.29) is 5.91 Å². The van der Waals surface area contributed by atoms with Crippen molar-refractivity contribution in [1.82, 2.24) is 10.3 Å². The number of carbonyl (C=O) groups excluding carboxylic acids is 1. The fourth-order valence-electron chi connectivity index (χ4n) is 3.48. The van der Waals surface area contributed by atoms with Crippen LogP contribution < -0.4 is 10.1 Å². The zero-order valence-corrected chi connectivity index (χ0v) is 17.3. The standard InChI is InChI=1S/C23H18ClF3N2O2/c1-13-17(11-18-21(20(13)24)31-9-8-29-22(18)30)10-14-2-4-15(5-3-14)16-6-7-28-19(12-16)23(25,26)27/h2-7,11-12H,8-10H2,1H3,(H,29,30). The summed E-state index contributed by atoms with van der Waals surface area (Å²) in [7, 11) is 0. The highest BCUT2D eigenvalue weighted by molar-refractivity contribution is 6.33. The van der Waals surface area contributed by atoms with Gasteiger partial charge in [-0.1, -0.05) is 35.9 Å². The maximum absolute atomic E-state index is 12.9. The van der Waals surface area contributed by atoms with Gasteiger partial charge in [0.1, 0.15) is 12.3 Å². The maximum Gasteiger partial charge on any atom is 0.433 e. The molecule has 1 amide bonds. The van der Waals surface area contributed by atoms with E-state index < -0.39 is 11.9 Å². The SMILES string of the molecule is Cc1c(Cc2ccc(-c3ccnc(C(F)(F)F)c3)cc2)cc2c(c1Cl)OCCNC2=O. The lowest BCUT2D eigenvalue weighted by Gasteiger charge is -2.15. The quantitative estimate of drug-likeness (QED) is 0.582. The Hall–Kier alpha value is -3.06. The van der Waals surface area contributed by atoms with Crippen LogP contribution in [0.3, 0.4) is 0 Å². The van der Waals surface area contributed by atoms with Gasteiger partial charge in [0.2, 0.25) is 0 Å². The van der Waals surface area contributed by atoms with E-state index in [4.69, 9.17) is 16.3 Å². The Balaban J connectivity index is 1.62. The summed E-state index contributed by atoms with van der Waals surface area (Å²) in [5, 5.41) is 3.19. The van der Waals surface area contributed by atoms with Crippen molar-refractivity contribution in [3.8, 4) is 16.9 Å². The van der Waals surface area contributed by atoms with Crippen molar-refractivity contribution >= 4 is 17.5 Å². The minimum absolute atomic E-state index is 0.232. The lowest BCUT2D eigenvalue weighted by atomic mass is 9.95.